The van der Waals surface area contributed by atoms with Crippen LogP contribution in [0, 0.1) is 0 Å². The Morgan fingerprint density at radius 1 is 1.28 bits per heavy atom. The van der Waals surface area contributed by atoms with Crippen molar-refractivity contribution in [3.05, 3.63) is 18.2 Å². The molecule has 1 heterocycles. The average molecular weight is 252 g/mol. The van der Waals surface area contributed by atoms with Gasteiger partial charge in [-0.3, -0.25) is 0 Å². The Balaban J connectivity index is 2.49. The van der Waals surface area contributed by atoms with Gasteiger partial charge in [-0.25, -0.2) is 0 Å². The molecule has 0 aliphatic carbocycles. The first kappa shape index (κ1) is 12.8. The molecule has 0 unspecified atom stereocenters. The number of furan rings is 1. The maximum Gasteiger partial charge on any atom is 0.526 e. The van der Waals surface area contributed by atoms with Gasteiger partial charge in [0.05, 0.1) is 12.5 Å². The lowest BCUT2D eigenvalue weighted by atomic mass is 9.88. The van der Waals surface area contributed by atoms with Gasteiger partial charge in [-0.1, -0.05) is 0 Å². The van der Waals surface area contributed by atoms with Crippen LogP contribution in [0.1, 0.15) is 0 Å². The van der Waals surface area contributed by atoms with Gasteiger partial charge in [0.2, 0.25) is 0 Å². The highest BCUT2D eigenvalue weighted by Gasteiger charge is 2.20. The van der Waals surface area contributed by atoms with E-state index in [1.807, 2.05) is 0 Å². The molecule has 0 bridgehead atoms. The SMILES string of the molecule is COCOc1ccc2oc(B(O)O)cc2c1OC. The summed E-state index contributed by atoms with van der Waals surface area (Å²) in [4.78, 5) is 0. The molecule has 2 aromatic rings. The normalized spacial score (nSPS) is 10.7. The molecule has 0 saturated heterocycles. The summed E-state index contributed by atoms with van der Waals surface area (Å²) in [6.45, 7) is 0.0925. The summed E-state index contributed by atoms with van der Waals surface area (Å²) in [5.41, 5.74) is 0.534. The molecule has 0 radical (unpaired) electrons. The maximum atomic E-state index is 9.07. The number of ether oxygens (including phenoxy) is 3. The van der Waals surface area contributed by atoms with Crippen LogP contribution in [0.4, 0.5) is 0 Å². The van der Waals surface area contributed by atoms with E-state index in [4.69, 9.17) is 28.7 Å². The average Bonchev–Trinajstić information content (AvgIpc) is 2.79. The highest BCUT2D eigenvalue weighted by molar-refractivity contribution is 6.57. The van der Waals surface area contributed by atoms with Gasteiger partial charge in [0.15, 0.2) is 18.3 Å². The second kappa shape index (κ2) is 5.30. The van der Waals surface area contributed by atoms with Crippen molar-refractivity contribution in [3.8, 4) is 11.5 Å². The van der Waals surface area contributed by atoms with Crippen molar-refractivity contribution >= 4 is 23.7 Å². The van der Waals surface area contributed by atoms with Gasteiger partial charge < -0.3 is 28.7 Å². The second-order valence-corrected chi connectivity index (χ2v) is 3.58. The first-order valence-corrected chi connectivity index (χ1v) is 5.25. The van der Waals surface area contributed by atoms with Crippen LogP contribution in [0.15, 0.2) is 22.6 Å². The van der Waals surface area contributed by atoms with Crippen LogP contribution in [0.5, 0.6) is 11.5 Å². The van der Waals surface area contributed by atoms with Gasteiger partial charge in [-0.2, -0.15) is 0 Å². The van der Waals surface area contributed by atoms with E-state index < -0.39 is 7.12 Å². The van der Waals surface area contributed by atoms with Gasteiger partial charge in [0.1, 0.15) is 11.2 Å². The van der Waals surface area contributed by atoms with E-state index in [2.05, 4.69) is 0 Å². The Labute approximate surface area is 104 Å². The van der Waals surface area contributed by atoms with Crippen LogP contribution in [0.2, 0.25) is 0 Å². The molecule has 18 heavy (non-hydrogen) atoms. The third-order valence-corrected chi connectivity index (χ3v) is 2.43. The van der Waals surface area contributed by atoms with Gasteiger partial charge in [0, 0.05) is 7.11 Å². The lowest BCUT2D eigenvalue weighted by molar-refractivity contribution is 0.0493. The van der Waals surface area contributed by atoms with Crippen molar-refractivity contribution < 1.29 is 28.7 Å². The molecule has 6 nitrogen and oxygen atoms in total. The number of hydrogen-bond acceptors (Lipinski definition) is 6. The summed E-state index contributed by atoms with van der Waals surface area (Å²) in [5.74, 6) is 0.951. The van der Waals surface area contributed by atoms with Crippen LogP contribution in [-0.4, -0.2) is 38.2 Å². The monoisotopic (exact) mass is 252 g/mol. The molecule has 0 spiro atoms. The minimum absolute atomic E-state index is 0.0483. The predicted molar refractivity (Wildman–Crippen MR) is 65.1 cm³/mol. The molecular weight excluding hydrogens is 239 g/mol. The molecule has 1 aromatic carbocycles. The zero-order valence-electron chi connectivity index (χ0n) is 10.0. The molecule has 2 N–H and O–H groups in total. The van der Waals surface area contributed by atoms with Crippen LogP contribution in [-0.2, 0) is 4.74 Å². The molecule has 0 amide bonds. The van der Waals surface area contributed by atoms with Gasteiger partial charge in [0.25, 0.3) is 0 Å². The largest absolute Gasteiger partial charge is 0.526 e. The van der Waals surface area contributed by atoms with Crippen molar-refractivity contribution in [2.75, 3.05) is 21.0 Å². The number of hydrogen-bond donors (Lipinski definition) is 2. The minimum Gasteiger partial charge on any atom is -0.492 e. The van der Waals surface area contributed by atoms with Crippen molar-refractivity contribution in [3.63, 3.8) is 0 Å². The lowest BCUT2D eigenvalue weighted by Gasteiger charge is -2.09. The Kier molecular flexibility index (Phi) is 3.76. The van der Waals surface area contributed by atoms with Crippen molar-refractivity contribution in [2.24, 2.45) is 0 Å². The van der Waals surface area contributed by atoms with E-state index in [-0.39, 0.29) is 12.5 Å². The fraction of sp³-hybridized carbons (Fsp3) is 0.273. The zero-order chi connectivity index (χ0) is 13.1. The molecule has 0 aliphatic heterocycles. The second-order valence-electron chi connectivity index (χ2n) is 3.58. The summed E-state index contributed by atoms with van der Waals surface area (Å²) >= 11 is 0. The van der Waals surface area contributed by atoms with Crippen molar-refractivity contribution in [1.29, 1.82) is 0 Å². The van der Waals surface area contributed by atoms with Crippen molar-refractivity contribution in [1.82, 2.24) is 0 Å². The Hall–Kier alpha value is -1.70. The third-order valence-electron chi connectivity index (χ3n) is 2.43. The Morgan fingerprint density at radius 2 is 2.06 bits per heavy atom. The van der Waals surface area contributed by atoms with E-state index in [0.29, 0.717) is 22.5 Å². The smallest absolute Gasteiger partial charge is 0.492 e. The number of benzene rings is 1. The van der Waals surface area contributed by atoms with E-state index in [1.165, 1.54) is 20.3 Å². The van der Waals surface area contributed by atoms with E-state index in [0.717, 1.165) is 0 Å². The highest BCUT2D eigenvalue weighted by atomic mass is 16.7. The van der Waals surface area contributed by atoms with Crippen LogP contribution < -0.4 is 15.1 Å². The summed E-state index contributed by atoms with van der Waals surface area (Å²) in [6.07, 6.45) is 0. The van der Waals surface area contributed by atoms with Gasteiger partial charge >= 0.3 is 7.12 Å². The minimum atomic E-state index is -1.66. The molecule has 2 rings (SSSR count). The summed E-state index contributed by atoms with van der Waals surface area (Å²) in [7, 11) is 1.35. The van der Waals surface area contributed by atoms with Crippen LogP contribution in [0.3, 0.4) is 0 Å². The lowest BCUT2D eigenvalue weighted by Crippen LogP contribution is -2.27. The van der Waals surface area contributed by atoms with E-state index in [9.17, 15) is 0 Å². The molecule has 0 atom stereocenters. The molecule has 1 aromatic heterocycles. The first-order chi connectivity index (χ1) is 8.67. The molecule has 96 valence electrons. The zero-order valence-corrected chi connectivity index (χ0v) is 10.0. The van der Waals surface area contributed by atoms with Crippen LogP contribution in [0.25, 0.3) is 11.0 Å². The topological polar surface area (TPSA) is 81.3 Å². The first-order valence-electron chi connectivity index (χ1n) is 5.25. The molecule has 0 aliphatic rings. The maximum absolute atomic E-state index is 9.07. The van der Waals surface area contributed by atoms with Gasteiger partial charge in [-0.15, -0.1) is 0 Å². The quantitative estimate of drug-likeness (QED) is 0.580. The van der Waals surface area contributed by atoms with Crippen LogP contribution >= 0.6 is 0 Å². The summed E-state index contributed by atoms with van der Waals surface area (Å²) in [5, 5.41) is 18.7. The number of methoxy groups -OCH3 is 2. The Bertz CT molecular complexity index is 536. The standard InChI is InChI=1S/C11H13BO6/c1-15-6-17-9-4-3-8-7(11(9)16-2)5-10(18-8)12(13)14/h3-5,13-14H,6H2,1-2H3. The number of fused-ring (bicyclic) bond motifs is 1. The van der Waals surface area contributed by atoms with Crippen molar-refractivity contribution in [2.45, 2.75) is 0 Å². The van der Waals surface area contributed by atoms with E-state index in [1.54, 1.807) is 12.1 Å². The summed E-state index contributed by atoms with van der Waals surface area (Å²) in [6, 6.07) is 4.82. The predicted octanol–water partition coefficient (Wildman–Crippen LogP) is 0.104. The fourth-order valence-corrected chi connectivity index (χ4v) is 1.66. The molecule has 7 heteroatoms. The fourth-order valence-electron chi connectivity index (χ4n) is 1.66. The third kappa shape index (κ3) is 2.28. The Morgan fingerprint density at radius 3 is 2.67 bits per heavy atom. The van der Waals surface area contributed by atoms with E-state index >= 15 is 0 Å². The summed E-state index contributed by atoms with van der Waals surface area (Å²) < 4.78 is 20.7. The number of rotatable bonds is 5. The molecule has 0 saturated carbocycles. The highest BCUT2D eigenvalue weighted by Crippen LogP contribution is 2.35. The molecule has 0 fully saturated rings. The van der Waals surface area contributed by atoms with Gasteiger partial charge in [-0.05, 0) is 18.2 Å². The molecular formula is C11H13BO6.